The third-order valence-corrected chi connectivity index (χ3v) is 3.07. The number of hydrogen-bond acceptors (Lipinski definition) is 1. The highest BCUT2D eigenvalue weighted by molar-refractivity contribution is 7.10. The standard InChI is InChI=1S/C12H16S/c1-3-5-6-7-8-11-9-10-13-12(11)4-2/h2,9-10H,3,5-8H2,1H3. The minimum Gasteiger partial charge on any atom is -0.135 e. The van der Waals surface area contributed by atoms with Gasteiger partial charge in [0.2, 0.25) is 0 Å². The maximum absolute atomic E-state index is 5.39. The smallest absolute Gasteiger partial charge is 0.0797 e. The van der Waals surface area contributed by atoms with Crippen LogP contribution in [-0.2, 0) is 6.42 Å². The van der Waals surface area contributed by atoms with Crippen molar-refractivity contribution in [3.63, 3.8) is 0 Å². The van der Waals surface area contributed by atoms with E-state index in [4.69, 9.17) is 6.42 Å². The fourth-order valence-corrected chi connectivity index (χ4v) is 2.16. The van der Waals surface area contributed by atoms with Gasteiger partial charge in [-0.15, -0.1) is 17.8 Å². The highest BCUT2D eigenvalue weighted by atomic mass is 32.1. The molecule has 0 atom stereocenters. The Morgan fingerprint density at radius 3 is 2.92 bits per heavy atom. The first-order chi connectivity index (χ1) is 6.38. The number of thiophene rings is 1. The van der Waals surface area contributed by atoms with E-state index in [-0.39, 0.29) is 0 Å². The Hall–Kier alpha value is -0.740. The van der Waals surface area contributed by atoms with Crippen LogP contribution in [-0.4, -0.2) is 0 Å². The number of unbranched alkanes of at least 4 members (excludes halogenated alkanes) is 3. The molecule has 0 fully saturated rings. The molecule has 1 heteroatoms. The van der Waals surface area contributed by atoms with Crippen molar-refractivity contribution in [1.82, 2.24) is 0 Å². The molecule has 1 heterocycles. The SMILES string of the molecule is C#Cc1sccc1CCCCCC. The Balaban J connectivity index is 2.33. The molecule has 0 spiro atoms. The van der Waals surface area contributed by atoms with E-state index in [1.807, 2.05) is 0 Å². The van der Waals surface area contributed by atoms with Gasteiger partial charge in [-0.2, -0.15) is 0 Å². The molecule has 0 aliphatic carbocycles. The van der Waals surface area contributed by atoms with Crippen molar-refractivity contribution in [1.29, 1.82) is 0 Å². The average Bonchev–Trinajstić information content (AvgIpc) is 2.60. The van der Waals surface area contributed by atoms with Gasteiger partial charge in [-0.3, -0.25) is 0 Å². The summed E-state index contributed by atoms with van der Waals surface area (Å²) in [5.74, 6) is 2.73. The van der Waals surface area contributed by atoms with Gasteiger partial charge in [-0.1, -0.05) is 32.1 Å². The summed E-state index contributed by atoms with van der Waals surface area (Å²) >= 11 is 1.68. The number of aryl methyl sites for hydroxylation is 1. The molecule has 70 valence electrons. The molecule has 0 amide bonds. The number of rotatable bonds is 5. The topological polar surface area (TPSA) is 0 Å². The van der Waals surface area contributed by atoms with Crippen molar-refractivity contribution in [3.05, 3.63) is 21.9 Å². The van der Waals surface area contributed by atoms with Gasteiger partial charge in [0.05, 0.1) is 4.88 Å². The Labute approximate surface area is 85.0 Å². The molecule has 0 nitrogen and oxygen atoms in total. The molecule has 0 unspecified atom stereocenters. The summed E-state index contributed by atoms with van der Waals surface area (Å²) in [5, 5.41) is 2.09. The van der Waals surface area contributed by atoms with E-state index in [1.165, 1.54) is 31.2 Å². The molecular formula is C12H16S. The van der Waals surface area contributed by atoms with Crippen LogP contribution in [0, 0.1) is 12.3 Å². The maximum atomic E-state index is 5.39. The third-order valence-electron chi connectivity index (χ3n) is 2.18. The van der Waals surface area contributed by atoms with Crippen LogP contribution in [0.3, 0.4) is 0 Å². The van der Waals surface area contributed by atoms with Crippen molar-refractivity contribution >= 4 is 11.3 Å². The predicted octanol–water partition coefficient (Wildman–Crippen LogP) is 3.85. The quantitative estimate of drug-likeness (QED) is 0.491. The highest BCUT2D eigenvalue weighted by Crippen LogP contribution is 2.18. The molecule has 0 aliphatic heterocycles. The Morgan fingerprint density at radius 1 is 1.38 bits per heavy atom. The Morgan fingerprint density at radius 2 is 2.23 bits per heavy atom. The lowest BCUT2D eigenvalue weighted by Gasteiger charge is -1.98. The maximum Gasteiger partial charge on any atom is 0.0797 e. The van der Waals surface area contributed by atoms with E-state index in [0.29, 0.717) is 0 Å². The van der Waals surface area contributed by atoms with Gasteiger partial charge in [0.25, 0.3) is 0 Å². The normalized spacial score (nSPS) is 9.85. The number of hydrogen-bond donors (Lipinski definition) is 0. The molecule has 0 saturated carbocycles. The summed E-state index contributed by atoms with van der Waals surface area (Å²) in [7, 11) is 0. The second-order valence-electron chi connectivity index (χ2n) is 3.23. The molecule has 1 rings (SSSR count). The first-order valence-corrected chi connectivity index (χ1v) is 5.79. The molecule has 1 aromatic heterocycles. The van der Waals surface area contributed by atoms with E-state index in [1.54, 1.807) is 11.3 Å². The van der Waals surface area contributed by atoms with E-state index < -0.39 is 0 Å². The van der Waals surface area contributed by atoms with E-state index in [9.17, 15) is 0 Å². The monoisotopic (exact) mass is 192 g/mol. The van der Waals surface area contributed by atoms with Crippen molar-refractivity contribution < 1.29 is 0 Å². The molecule has 0 bridgehead atoms. The molecule has 13 heavy (non-hydrogen) atoms. The van der Waals surface area contributed by atoms with Crippen molar-refractivity contribution in [2.45, 2.75) is 39.0 Å². The lowest BCUT2D eigenvalue weighted by molar-refractivity contribution is 0.667. The predicted molar refractivity (Wildman–Crippen MR) is 60.1 cm³/mol. The fourth-order valence-electron chi connectivity index (χ4n) is 1.40. The average molecular weight is 192 g/mol. The minimum atomic E-state index is 1.12. The van der Waals surface area contributed by atoms with Gasteiger partial charge in [0.15, 0.2) is 0 Å². The van der Waals surface area contributed by atoms with Gasteiger partial charge < -0.3 is 0 Å². The molecule has 1 aromatic rings. The summed E-state index contributed by atoms with van der Waals surface area (Å²) in [5.41, 5.74) is 1.36. The van der Waals surface area contributed by atoms with Crippen molar-refractivity contribution in [3.8, 4) is 12.3 Å². The van der Waals surface area contributed by atoms with Crippen LogP contribution >= 0.6 is 11.3 Å². The van der Waals surface area contributed by atoms with Crippen LogP contribution in [0.5, 0.6) is 0 Å². The van der Waals surface area contributed by atoms with Crippen LogP contribution < -0.4 is 0 Å². The Bertz CT molecular complexity index is 278. The summed E-state index contributed by atoms with van der Waals surface area (Å²) in [6.07, 6.45) is 11.8. The summed E-state index contributed by atoms with van der Waals surface area (Å²) < 4.78 is 0. The molecule has 0 N–H and O–H groups in total. The summed E-state index contributed by atoms with van der Waals surface area (Å²) in [4.78, 5) is 1.12. The zero-order chi connectivity index (χ0) is 9.52. The zero-order valence-corrected chi connectivity index (χ0v) is 8.99. The molecule has 0 aromatic carbocycles. The van der Waals surface area contributed by atoms with Crippen LogP contribution in [0.4, 0.5) is 0 Å². The van der Waals surface area contributed by atoms with E-state index in [2.05, 4.69) is 24.3 Å². The number of terminal acetylenes is 1. The largest absolute Gasteiger partial charge is 0.135 e. The van der Waals surface area contributed by atoms with Gasteiger partial charge in [0.1, 0.15) is 0 Å². The van der Waals surface area contributed by atoms with Gasteiger partial charge in [0, 0.05) is 0 Å². The van der Waals surface area contributed by atoms with Gasteiger partial charge in [-0.05, 0) is 29.9 Å². The molecular weight excluding hydrogens is 176 g/mol. The first kappa shape index (κ1) is 10.3. The highest BCUT2D eigenvalue weighted by Gasteiger charge is 2.00. The van der Waals surface area contributed by atoms with Crippen LogP contribution in [0.2, 0.25) is 0 Å². The fraction of sp³-hybridized carbons (Fsp3) is 0.500. The molecule has 0 radical (unpaired) electrons. The van der Waals surface area contributed by atoms with Crippen molar-refractivity contribution in [2.75, 3.05) is 0 Å². The third kappa shape index (κ3) is 3.24. The molecule has 0 aliphatic rings. The first-order valence-electron chi connectivity index (χ1n) is 4.91. The summed E-state index contributed by atoms with van der Waals surface area (Å²) in [6.45, 7) is 2.23. The lowest BCUT2D eigenvalue weighted by Crippen LogP contribution is -1.85. The van der Waals surface area contributed by atoms with Gasteiger partial charge >= 0.3 is 0 Å². The van der Waals surface area contributed by atoms with E-state index in [0.717, 1.165) is 11.3 Å². The second-order valence-corrected chi connectivity index (χ2v) is 4.15. The van der Waals surface area contributed by atoms with Crippen LogP contribution in [0.25, 0.3) is 0 Å². The lowest BCUT2D eigenvalue weighted by atomic mass is 10.1. The second kappa shape index (κ2) is 5.83. The van der Waals surface area contributed by atoms with Gasteiger partial charge in [-0.25, -0.2) is 0 Å². The zero-order valence-electron chi connectivity index (χ0n) is 8.18. The van der Waals surface area contributed by atoms with Crippen molar-refractivity contribution in [2.24, 2.45) is 0 Å². The Kier molecular flexibility index (Phi) is 4.64. The summed E-state index contributed by atoms with van der Waals surface area (Å²) in [6, 6.07) is 2.16. The molecule has 0 saturated heterocycles. The van der Waals surface area contributed by atoms with Crippen LogP contribution in [0.15, 0.2) is 11.4 Å². The van der Waals surface area contributed by atoms with Crippen LogP contribution in [0.1, 0.15) is 43.0 Å². The minimum absolute atomic E-state index is 1.12. The van der Waals surface area contributed by atoms with E-state index >= 15 is 0 Å².